The zero-order chi connectivity index (χ0) is 18.2. The molecule has 1 aromatic heterocycles. The lowest BCUT2D eigenvalue weighted by molar-refractivity contribution is -0.191. The van der Waals surface area contributed by atoms with Crippen molar-refractivity contribution in [2.75, 3.05) is 13.7 Å². The molecule has 6 heteroatoms. The van der Waals surface area contributed by atoms with Gasteiger partial charge in [0.1, 0.15) is 0 Å². The third-order valence-corrected chi connectivity index (χ3v) is 6.25. The maximum absolute atomic E-state index is 12.6. The lowest BCUT2D eigenvalue weighted by Crippen LogP contribution is -2.68. The van der Waals surface area contributed by atoms with Crippen LogP contribution in [0.5, 0.6) is 0 Å². The van der Waals surface area contributed by atoms with Crippen molar-refractivity contribution >= 4 is 6.03 Å². The molecule has 6 nitrogen and oxygen atoms in total. The molecule has 1 heterocycles. The maximum Gasteiger partial charge on any atom is 0.317 e. The molecule has 0 saturated heterocycles. The first kappa shape index (κ1) is 18.0. The number of pyridine rings is 1. The van der Waals surface area contributed by atoms with Crippen LogP contribution in [0.2, 0.25) is 0 Å². The Kier molecular flexibility index (Phi) is 4.91. The van der Waals surface area contributed by atoms with Gasteiger partial charge in [-0.15, -0.1) is 0 Å². The summed E-state index contributed by atoms with van der Waals surface area (Å²) < 4.78 is 7.47. The number of carbonyl (C=O) groups is 1. The number of hydrogen-bond acceptors (Lipinski definition) is 3. The van der Waals surface area contributed by atoms with Gasteiger partial charge in [0.25, 0.3) is 5.56 Å². The Hall–Kier alpha value is -1.82. The zero-order valence-corrected chi connectivity index (χ0v) is 15.7. The lowest BCUT2D eigenvalue weighted by Gasteiger charge is -2.63. The van der Waals surface area contributed by atoms with Crippen LogP contribution >= 0.6 is 0 Å². The summed E-state index contributed by atoms with van der Waals surface area (Å²) in [5.74, 6) is 0. The van der Waals surface area contributed by atoms with Crippen LogP contribution in [-0.4, -0.2) is 41.3 Å². The minimum atomic E-state index is -0.117. The second kappa shape index (κ2) is 6.83. The molecular weight excluding hydrogens is 318 g/mol. The van der Waals surface area contributed by atoms with Crippen molar-refractivity contribution in [1.82, 2.24) is 14.8 Å². The molecule has 2 saturated carbocycles. The van der Waals surface area contributed by atoms with Gasteiger partial charge in [-0.2, -0.15) is 0 Å². The highest BCUT2D eigenvalue weighted by Crippen LogP contribution is 2.58. The van der Waals surface area contributed by atoms with Crippen molar-refractivity contribution in [3.8, 4) is 0 Å². The number of nitrogens with zero attached hydrogens (tertiary/aromatic N) is 2. The molecule has 1 spiro atoms. The van der Waals surface area contributed by atoms with E-state index in [0.717, 1.165) is 31.6 Å². The average Bonchev–Trinajstić information content (AvgIpc) is 2.53. The van der Waals surface area contributed by atoms with Gasteiger partial charge < -0.3 is 19.5 Å². The standard InChI is InChI=1S/C19H29N3O3/c1-5-25-16-11-15(19(16)9-6-10-19)22(4)18(24)20-12-14-8-7-13(2)21(3)17(14)23/h7-8,15-16H,5-6,9-12H2,1-4H3,(H,20,24)/t15-,16-/m1/s1. The molecule has 25 heavy (non-hydrogen) atoms. The van der Waals surface area contributed by atoms with E-state index in [1.54, 1.807) is 17.7 Å². The van der Waals surface area contributed by atoms with Crippen LogP contribution < -0.4 is 10.9 Å². The predicted octanol–water partition coefficient (Wildman–Crippen LogP) is 2.18. The normalized spacial score (nSPS) is 23.7. The lowest BCUT2D eigenvalue weighted by atomic mass is 9.50. The number of aryl methyl sites for hydroxylation is 1. The van der Waals surface area contributed by atoms with E-state index in [1.165, 1.54) is 6.42 Å². The van der Waals surface area contributed by atoms with E-state index >= 15 is 0 Å². The summed E-state index contributed by atoms with van der Waals surface area (Å²) >= 11 is 0. The molecule has 0 radical (unpaired) electrons. The van der Waals surface area contributed by atoms with Crippen LogP contribution in [0.15, 0.2) is 16.9 Å². The van der Waals surface area contributed by atoms with Gasteiger partial charge in [0.15, 0.2) is 0 Å². The van der Waals surface area contributed by atoms with E-state index in [2.05, 4.69) is 5.32 Å². The number of ether oxygens (including phenoxy) is 1. The summed E-state index contributed by atoms with van der Waals surface area (Å²) in [5, 5.41) is 2.90. The van der Waals surface area contributed by atoms with Crippen LogP contribution in [0.3, 0.4) is 0 Å². The summed E-state index contributed by atoms with van der Waals surface area (Å²) in [5.41, 5.74) is 1.61. The van der Waals surface area contributed by atoms with Gasteiger partial charge in [-0.25, -0.2) is 4.79 Å². The van der Waals surface area contributed by atoms with E-state index in [-0.39, 0.29) is 35.7 Å². The molecule has 0 unspecified atom stereocenters. The summed E-state index contributed by atoms with van der Waals surface area (Å²) in [6.45, 7) is 4.90. The van der Waals surface area contributed by atoms with Crippen LogP contribution in [-0.2, 0) is 18.3 Å². The number of carbonyl (C=O) groups excluding carboxylic acids is 1. The molecule has 0 aromatic carbocycles. The van der Waals surface area contributed by atoms with Crippen molar-refractivity contribution in [3.05, 3.63) is 33.7 Å². The predicted molar refractivity (Wildman–Crippen MR) is 96.5 cm³/mol. The Morgan fingerprint density at radius 3 is 2.76 bits per heavy atom. The average molecular weight is 347 g/mol. The zero-order valence-electron chi connectivity index (χ0n) is 15.7. The van der Waals surface area contributed by atoms with Gasteiger partial charge in [-0.1, -0.05) is 12.5 Å². The Bertz CT molecular complexity index is 708. The minimum absolute atomic E-state index is 0.0570. The number of hydrogen-bond donors (Lipinski definition) is 1. The molecule has 1 aromatic rings. The fraction of sp³-hybridized carbons (Fsp3) is 0.684. The molecule has 2 fully saturated rings. The van der Waals surface area contributed by atoms with Crippen LogP contribution in [0.4, 0.5) is 4.79 Å². The van der Waals surface area contributed by atoms with E-state index in [9.17, 15) is 9.59 Å². The highest BCUT2D eigenvalue weighted by atomic mass is 16.5. The first-order valence-corrected chi connectivity index (χ1v) is 9.18. The van der Waals surface area contributed by atoms with Crippen molar-refractivity contribution in [2.24, 2.45) is 12.5 Å². The Labute approximate surface area is 149 Å². The van der Waals surface area contributed by atoms with Crippen molar-refractivity contribution in [1.29, 1.82) is 0 Å². The van der Waals surface area contributed by atoms with Gasteiger partial charge in [-0.05, 0) is 39.2 Å². The first-order valence-electron chi connectivity index (χ1n) is 9.18. The highest BCUT2D eigenvalue weighted by Gasteiger charge is 2.60. The van der Waals surface area contributed by atoms with E-state index in [1.807, 2.05) is 31.9 Å². The molecule has 0 bridgehead atoms. The van der Waals surface area contributed by atoms with E-state index in [4.69, 9.17) is 4.74 Å². The SMILES string of the molecule is CCO[C@@H]1C[C@@H](N(C)C(=O)NCc2ccc(C)n(C)c2=O)C12CCC2. The Balaban J connectivity index is 1.61. The fourth-order valence-corrected chi connectivity index (χ4v) is 4.30. The number of amides is 2. The summed E-state index contributed by atoms with van der Waals surface area (Å²) in [6.07, 6.45) is 4.69. The summed E-state index contributed by atoms with van der Waals surface area (Å²) in [7, 11) is 3.60. The van der Waals surface area contributed by atoms with Gasteiger partial charge in [-0.3, -0.25) is 4.79 Å². The van der Waals surface area contributed by atoms with Gasteiger partial charge in [0.05, 0.1) is 6.10 Å². The molecule has 2 amide bonds. The van der Waals surface area contributed by atoms with E-state index in [0.29, 0.717) is 5.56 Å². The molecular formula is C19H29N3O3. The second-order valence-corrected chi connectivity index (χ2v) is 7.42. The number of rotatable bonds is 5. The van der Waals surface area contributed by atoms with Gasteiger partial charge >= 0.3 is 6.03 Å². The van der Waals surface area contributed by atoms with Crippen molar-refractivity contribution in [2.45, 2.75) is 58.2 Å². The first-order chi connectivity index (χ1) is 11.9. The summed E-state index contributed by atoms with van der Waals surface area (Å²) in [6, 6.07) is 3.81. The monoisotopic (exact) mass is 347 g/mol. The smallest absolute Gasteiger partial charge is 0.317 e. The number of nitrogens with one attached hydrogen (secondary N) is 1. The largest absolute Gasteiger partial charge is 0.378 e. The third kappa shape index (κ3) is 2.97. The van der Waals surface area contributed by atoms with Crippen LogP contribution in [0.25, 0.3) is 0 Å². The summed E-state index contributed by atoms with van der Waals surface area (Å²) in [4.78, 5) is 26.6. The molecule has 3 rings (SSSR count). The molecule has 0 aliphatic heterocycles. The number of aromatic nitrogens is 1. The van der Waals surface area contributed by atoms with Gasteiger partial charge in [0, 0.05) is 50.0 Å². The van der Waals surface area contributed by atoms with Crippen LogP contribution in [0, 0.1) is 12.3 Å². The van der Waals surface area contributed by atoms with Crippen LogP contribution in [0.1, 0.15) is 43.9 Å². The maximum atomic E-state index is 12.6. The van der Waals surface area contributed by atoms with Crippen molar-refractivity contribution < 1.29 is 9.53 Å². The topological polar surface area (TPSA) is 63.6 Å². The molecule has 2 aliphatic carbocycles. The molecule has 2 atom stereocenters. The Morgan fingerprint density at radius 2 is 2.16 bits per heavy atom. The highest BCUT2D eigenvalue weighted by molar-refractivity contribution is 5.74. The molecule has 138 valence electrons. The number of urea groups is 1. The second-order valence-electron chi connectivity index (χ2n) is 7.42. The Morgan fingerprint density at radius 1 is 1.44 bits per heavy atom. The molecule has 1 N–H and O–H groups in total. The van der Waals surface area contributed by atoms with E-state index < -0.39 is 0 Å². The van der Waals surface area contributed by atoms with Crippen molar-refractivity contribution in [3.63, 3.8) is 0 Å². The third-order valence-electron chi connectivity index (χ3n) is 6.25. The minimum Gasteiger partial charge on any atom is -0.378 e. The quantitative estimate of drug-likeness (QED) is 0.888. The van der Waals surface area contributed by atoms with Gasteiger partial charge in [0.2, 0.25) is 0 Å². The fourth-order valence-electron chi connectivity index (χ4n) is 4.30. The molecule has 2 aliphatic rings.